The van der Waals surface area contributed by atoms with Gasteiger partial charge in [0.05, 0.1) is 19.7 Å². The normalized spacial score (nSPS) is 10.4. The molecule has 0 saturated carbocycles. The van der Waals surface area contributed by atoms with Crippen molar-refractivity contribution >= 4 is 22.4 Å². The first-order valence-corrected chi connectivity index (χ1v) is 6.50. The van der Waals surface area contributed by atoms with E-state index in [1.54, 1.807) is 20.4 Å². The van der Waals surface area contributed by atoms with E-state index in [0.29, 0.717) is 5.88 Å². The highest BCUT2D eigenvalue weighted by Gasteiger charge is 2.02. The lowest BCUT2D eigenvalue weighted by Gasteiger charge is -2.08. The average Bonchev–Trinajstić information content (AvgIpc) is 2.54. The van der Waals surface area contributed by atoms with Crippen LogP contribution in [0.4, 0.5) is 11.5 Å². The van der Waals surface area contributed by atoms with Crippen LogP contribution in [0.15, 0.2) is 48.7 Å². The number of ether oxygens (including phenoxy) is 2. The SMILES string of the molecule is COc1ccc2nc(Nc3ccnc(OC)c3)ccc2c1. The number of hydrogen-bond acceptors (Lipinski definition) is 5. The first-order chi connectivity index (χ1) is 10.3. The Labute approximate surface area is 122 Å². The highest BCUT2D eigenvalue weighted by molar-refractivity contribution is 5.82. The molecule has 0 aliphatic heterocycles. The maximum atomic E-state index is 5.21. The molecule has 1 aromatic carbocycles. The lowest BCUT2D eigenvalue weighted by atomic mass is 10.2. The Morgan fingerprint density at radius 1 is 0.952 bits per heavy atom. The van der Waals surface area contributed by atoms with Crippen molar-refractivity contribution in [2.45, 2.75) is 0 Å². The molecule has 0 aliphatic carbocycles. The molecule has 2 aromatic heterocycles. The third kappa shape index (κ3) is 2.86. The molecule has 0 radical (unpaired) electrons. The lowest BCUT2D eigenvalue weighted by Crippen LogP contribution is -1.95. The average molecular weight is 281 g/mol. The van der Waals surface area contributed by atoms with Crippen LogP contribution in [0.2, 0.25) is 0 Å². The van der Waals surface area contributed by atoms with Gasteiger partial charge in [-0.3, -0.25) is 0 Å². The minimum absolute atomic E-state index is 0.561. The summed E-state index contributed by atoms with van der Waals surface area (Å²) in [7, 11) is 3.25. The summed E-state index contributed by atoms with van der Waals surface area (Å²) in [6, 6.07) is 13.4. The van der Waals surface area contributed by atoms with E-state index >= 15 is 0 Å². The summed E-state index contributed by atoms with van der Waals surface area (Å²) in [6.07, 6.45) is 1.69. The number of benzene rings is 1. The Hall–Kier alpha value is -2.82. The van der Waals surface area contributed by atoms with Crippen molar-refractivity contribution in [1.29, 1.82) is 0 Å². The fraction of sp³-hybridized carbons (Fsp3) is 0.125. The summed E-state index contributed by atoms with van der Waals surface area (Å²) in [5, 5.41) is 4.27. The summed E-state index contributed by atoms with van der Waals surface area (Å²) in [5.74, 6) is 2.15. The van der Waals surface area contributed by atoms with E-state index in [2.05, 4.69) is 15.3 Å². The summed E-state index contributed by atoms with van der Waals surface area (Å²) < 4.78 is 10.3. The molecule has 0 unspecified atom stereocenters. The van der Waals surface area contributed by atoms with Crippen LogP contribution in [0.25, 0.3) is 10.9 Å². The maximum Gasteiger partial charge on any atom is 0.214 e. The second kappa shape index (κ2) is 5.66. The number of nitrogens with one attached hydrogen (secondary N) is 1. The molecule has 0 bridgehead atoms. The van der Waals surface area contributed by atoms with Crippen LogP contribution in [-0.2, 0) is 0 Å². The largest absolute Gasteiger partial charge is 0.497 e. The molecular weight excluding hydrogens is 266 g/mol. The molecule has 0 amide bonds. The number of pyridine rings is 2. The van der Waals surface area contributed by atoms with Gasteiger partial charge < -0.3 is 14.8 Å². The van der Waals surface area contributed by atoms with Crippen molar-refractivity contribution < 1.29 is 9.47 Å². The van der Waals surface area contributed by atoms with E-state index in [1.807, 2.05) is 42.5 Å². The fourth-order valence-corrected chi connectivity index (χ4v) is 2.05. The number of anilines is 2. The molecule has 1 N–H and O–H groups in total. The molecule has 0 fully saturated rings. The van der Waals surface area contributed by atoms with E-state index in [1.165, 1.54) is 0 Å². The molecule has 0 aliphatic rings. The standard InChI is InChI=1S/C16H15N3O2/c1-20-13-4-5-14-11(9-13)3-6-15(19-14)18-12-7-8-17-16(10-12)21-2/h3-10H,1-2H3,(H,17,18,19). The van der Waals surface area contributed by atoms with Crippen molar-refractivity contribution in [3.63, 3.8) is 0 Å². The summed E-state index contributed by atoms with van der Waals surface area (Å²) in [6.45, 7) is 0. The molecule has 0 atom stereocenters. The Morgan fingerprint density at radius 2 is 1.86 bits per heavy atom. The number of fused-ring (bicyclic) bond motifs is 1. The summed E-state index contributed by atoms with van der Waals surface area (Å²) in [4.78, 5) is 8.65. The zero-order valence-corrected chi connectivity index (χ0v) is 11.8. The van der Waals surface area contributed by atoms with Crippen LogP contribution in [0, 0.1) is 0 Å². The van der Waals surface area contributed by atoms with Gasteiger partial charge in [-0.2, -0.15) is 0 Å². The lowest BCUT2D eigenvalue weighted by molar-refractivity contribution is 0.398. The van der Waals surface area contributed by atoms with Crippen LogP contribution in [0.3, 0.4) is 0 Å². The van der Waals surface area contributed by atoms with Crippen molar-refractivity contribution in [2.24, 2.45) is 0 Å². The van der Waals surface area contributed by atoms with E-state index in [4.69, 9.17) is 9.47 Å². The minimum atomic E-state index is 0.561. The van der Waals surface area contributed by atoms with Crippen molar-refractivity contribution in [1.82, 2.24) is 9.97 Å². The van der Waals surface area contributed by atoms with Crippen molar-refractivity contribution in [2.75, 3.05) is 19.5 Å². The Kier molecular flexibility index (Phi) is 3.55. The highest BCUT2D eigenvalue weighted by atomic mass is 16.5. The van der Waals surface area contributed by atoms with Crippen molar-refractivity contribution in [3.8, 4) is 11.6 Å². The Morgan fingerprint density at radius 3 is 2.67 bits per heavy atom. The molecule has 2 heterocycles. The van der Waals surface area contributed by atoms with Gasteiger partial charge in [-0.1, -0.05) is 0 Å². The predicted molar refractivity (Wildman–Crippen MR) is 82.4 cm³/mol. The van der Waals surface area contributed by atoms with Gasteiger partial charge in [-0.15, -0.1) is 0 Å². The number of rotatable bonds is 4. The van der Waals surface area contributed by atoms with E-state index in [0.717, 1.165) is 28.2 Å². The zero-order valence-electron chi connectivity index (χ0n) is 11.8. The quantitative estimate of drug-likeness (QED) is 0.794. The van der Waals surface area contributed by atoms with Gasteiger partial charge in [0.1, 0.15) is 11.6 Å². The van der Waals surface area contributed by atoms with Crippen LogP contribution < -0.4 is 14.8 Å². The number of hydrogen-bond donors (Lipinski definition) is 1. The number of aromatic nitrogens is 2. The summed E-state index contributed by atoms with van der Waals surface area (Å²) in [5.41, 5.74) is 1.78. The molecular formula is C16H15N3O2. The maximum absolute atomic E-state index is 5.21. The highest BCUT2D eigenvalue weighted by Crippen LogP contribution is 2.23. The van der Waals surface area contributed by atoms with Gasteiger partial charge in [0.2, 0.25) is 5.88 Å². The zero-order chi connectivity index (χ0) is 14.7. The number of nitrogens with zero attached hydrogens (tertiary/aromatic N) is 2. The molecule has 106 valence electrons. The Bertz CT molecular complexity index is 774. The molecule has 0 spiro atoms. The minimum Gasteiger partial charge on any atom is -0.497 e. The molecule has 21 heavy (non-hydrogen) atoms. The van der Waals surface area contributed by atoms with Crippen LogP contribution in [-0.4, -0.2) is 24.2 Å². The van der Waals surface area contributed by atoms with Gasteiger partial charge in [-0.05, 0) is 36.4 Å². The number of methoxy groups -OCH3 is 2. The van der Waals surface area contributed by atoms with Crippen molar-refractivity contribution in [3.05, 3.63) is 48.7 Å². The second-order valence-electron chi connectivity index (χ2n) is 4.47. The van der Waals surface area contributed by atoms with Crippen LogP contribution in [0.1, 0.15) is 0 Å². The molecule has 3 aromatic rings. The van der Waals surface area contributed by atoms with Gasteiger partial charge in [0, 0.05) is 23.3 Å². The summed E-state index contributed by atoms with van der Waals surface area (Å²) >= 11 is 0. The fourth-order valence-electron chi connectivity index (χ4n) is 2.05. The van der Waals surface area contributed by atoms with E-state index in [9.17, 15) is 0 Å². The first kappa shape index (κ1) is 13.2. The molecule has 5 nitrogen and oxygen atoms in total. The van der Waals surface area contributed by atoms with E-state index < -0.39 is 0 Å². The third-order valence-electron chi connectivity index (χ3n) is 3.11. The monoisotopic (exact) mass is 281 g/mol. The topological polar surface area (TPSA) is 56.3 Å². The van der Waals surface area contributed by atoms with Crippen LogP contribution in [0.5, 0.6) is 11.6 Å². The van der Waals surface area contributed by atoms with Gasteiger partial charge in [0.25, 0.3) is 0 Å². The molecule has 3 rings (SSSR count). The van der Waals surface area contributed by atoms with E-state index in [-0.39, 0.29) is 0 Å². The Balaban J connectivity index is 1.90. The predicted octanol–water partition coefficient (Wildman–Crippen LogP) is 3.39. The molecule has 5 heteroatoms. The van der Waals surface area contributed by atoms with Gasteiger partial charge >= 0.3 is 0 Å². The first-order valence-electron chi connectivity index (χ1n) is 6.50. The smallest absolute Gasteiger partial charge is 0.214 e. The third-order valence-corrected chi connectivity index (χ3v) is 3.11. The van der Waals surface area contributed by atoms with Crippen LogP contribution >= 0.6 is 0 Å². The van der Waals surface area contributed by atoms with Gasteiger partial charge in [-0.25, -0.2) is 9.97 Å². The second-order valence-corrected chi connectivity index (χ2v) is 4.47. The molecule has 0 saturated heterocycles. The van der Waals surface area contributed by atoms with Gasteiger partial charge in [0.15, 0.2) is 0 Å².